The van der Waals surface area contributed by atoms with Crippen molar-refractivity contribution in [3.63, 3.8) is 0 Å². The minimum absolute atomic E-state index is 0.0146. The van der Waals surface area contributed by atoms with Gasteiger partial charge in [0.2, 0.25) is 0 Å². The van der Waals surface area contributed by atoms with Crippen LogP contribution in [0.15, 0.2) is 34.8 Å². The lowest BCUT2D eigenvalue weighted by atomic mass is 10.2. The molecule has 94 valence electrons. The zero-order valence-electron chi connectivity index (χ0n) is 10.2. The fourth-order valence-electron chi connectivity index (χ4n) is 2.45. The molecule has 0 unspecified atom stereocenters. The Bertz CT molecular complexity index is 905. The molecule has 0 radical (unpaired) electrons. The maximum absolute atomic E-state index is 12.6. The molecule has 1 aliphatic heterocycles. The summed E-state index contributed by atoms with van der Waals surface area (Å²) in [7, 11) is 1.61. The Morgan fingerprint density at radius 3 is 3.05 bits per heavy atom. The van der Waals surface area contributed by atoms with Crippen LogP contribution in [0.4, 0.5) is 0 Å². The molecule has 3 aromatic rings. The number of fused-ring (bicyclic) bond motifs is 4. The Balaban J connectivity index is 2.14. The van der Waals surface area contributed by atoms with Crippen LogP contribution >= 0.6 is 11.3 Å². The molecule has 0 atom stereocenters. The fraction of sp³-hybridized carbons (Fsp3) is 0.143. The minimum Gasteiger partial charge on any atom is -0.499 e. The predicted octanol–water partition coefficient (Wildman–Crippen LogP) is 2.61. The van der Waals surface area contributed by atoms with E-state index < -0.39 is 0 Å². The first-order valence-electron chi connectivity index (χ1n) is 5.94. The summed E-state index contributed by atoms with van der Waals surface area (Å²) in [4.78, 5) is 18.0. The van der Waals surface area contributed by atoms with E-state index in [1.165, 1.54) is 0 Å². The molecule has 4 rings (SSSR count). The average Bonchev–Trinajstić information content (AvgIpc) is 2.99. The fourth-order valence-corrected chi connectivity index (χ4v) is 3.53. The number of nitrogens with zero attached hydrogens (tertiary/aromatic N) is 2. The number of benzene rings is 1. The molecule has 5 heteroatoms. The molecule has 0 N–H and O–H groups in total. The Labute approximate surface area is 112 Å². The second-order valence-electron chi connectivity index (χ2n) is 4.45. The second kappa shape index (κ2) is 3.68. The smallest absolute Gasteiger partial charge is 0.263 e. The van der Waals surface area contributed by atoms with E-state index in [2.05, 4.69) is 4.98 Å². The van der Waals surface area contributed by atoms with E-state index in [0.29, 0.717) is 12.4 Å². The molecule has 4 nitrogen and oxygen atoms in total. The van der Waals surface area contributed by atoms with Gasteiger partial charge in [0.25, 0.3) is 5.56 Å². The van der Waals surface area contributed by atoms with Crippen LogP contribution in [0.3, 0.4) is 0 Å². The van der Waals surface area contributed by atoms with Crippen LogP contribution in [0.2, 0.25) is 0 Å². The van der Waals surface area contributed by atoms with Crippen molar-refractivity contribution in [1.82, 2.24) is 9.55 Å². The van der Waals surface area contributed by atoms with Gasteiger partial charge in [-0.1, -0.05) is 18.2 Å². The first-order valence-corrected chi connectivity index (χ1v) is 6.76. The van der Waals surface area contributed by atoms with E-state index in [1.54, 1.807) is 23.0 Å². The van der Waals surface area contributed by atoms with Crippen molar-refractivity contribution < 1.29 is 4.74 Å². The summed E-state index contributed by atoms with van der Waals surface area (Å²) < 4.78 is 7.97. The molecular formula is C14H10N2O2S. The van der Waals surface area contributed by atoms with E-state index in [0.717, 1.165) is 26.1 Å². The highest BCUT2D eigenvalue weighted by Crippen LogP contribution is 2.31. The standard InChI is InChI=1S/C14H10N2O2S/c1-18-8-6-11-15-13-12(14(17)16(11)7-8)9-4-2-3-5-10(9)19-13/h2-6H,7H2,1H3. The number of thiophene rings is 1. The Morgan fingerprint density at radius 2 is 2.21 bits per heavy atom. The molecule has 1 aromatic carbocycles. The van der Waals surface area contributed by atoms with Gasteiger partial charge < -0.3 is 4.74 Å². The summed E-state index contributed by atoms with van der Waals surface area (Å²) in [5, 5.41) is 1.70. The monoisotopic (exact) mass is 270 g/mol. The molecule has 3 heterocycles. The normalized spacial score (nSPS) is 13.8. The highest BCUT2D eigenvalue weighted by molar-refractivity contribution is 7.25. The van der Waals surface area contributed by atoms with Gasteiger partial charge in [-0.3, -0.25) is 9.36 Å². The van der Waals surface area contributed by atoms with Crippen LogP contribution in [-0.2, 0) is 11.3 Å². The minimum atomic E-state index is 0.0146. The number of methoxy groups -OCH3 is 1. The van der Waals surface area contributed by atoms with Crippen LogP contribution in [0, 0.1) is 0 Å². The summed E-state index contributed by atoms with van der Waals surface area (Å²) in [6, 6.07) is 7.92. The van der Waals surface area contributed by atoms with Crippen LogP contribution < -0.4 is 5.56 Å². The summed E-state index contributed by atoms with van der Waals surface area (Å²) in [5.41, 5.74) is 0.0146. The van der Waals surface area contributed by atoms with Crippen LogP contribution in [0.5, 0.6) is 0 Å². The third-order valence-corrected chi connectivity index (χ3v) is 4.46. The third-order valence-electron chi connectivity index (χ3n) is 3.39. The van der Waals surface area contributed by atoms with Crippen molar-refractivity contribution in [2.75, 3.05) is 7.11 Å². The highest BCUT2D eigenvalue weighted by atomic mass is 32.1. The van der Waals surface area contributed by atoms with Gasteiger partial charge in [-0.25, -0.2) is 4.98 Å². The summed E-state index contributed by atoms with van der Waals surface area (Å²) in [6.45, 7) is 0.470. The zero-order chi connectivity index (χ0) is 13.0. The van der Waals surface area contributed by atoms with E-state index in [-0.39, 0.29) is 5.56 Å². The van der Waals surface area contributed by atoms with Crippen molar-refractivity contribution in [2.45, 2.75) is 6.54 Å². The molecule has 0 fully saturated rings. The first kappa shape index (κ1) is 10.8. The van der Waals surface area contributed by atoms with Gasteiger partial charge in [-0.15, -0.1) is 11.3 Å². The van der Waals surface area contributed by atoms with Gasteiger partial charge in [0.05, 0.1) is 19.0 Å². The largest absolute Gasteiger partial charge is 0.499 e. The van der Waals surface area contributed by atoms with Gasteiger partial charge in [0.1, 0.15) is 16.4 Å². The molecule has 0 spiro atoms. The van der Waals surface area contributed by atoms with Crippen LogP contribution in [-0.4, -0.2) is 16.7 Å². The predicted molar refractivity (Wildman–Crippen MR) is 76.4 cm³/mol. The molecule has 2 aromatic heterocycles. The summed E-state index contributed by atoms with van der Waals surface area (Å²) in [6.07, 6.45) is 1.82. The quantitative estimate of drug-likeness (QED) is 0.682. The van der Waals surface area contributed by atoms with E-state index in [1.807, 2.05) is 30.3 Å². The molecule has 0 bridgehead atoms. The molecule has 0 saturated carbocycles. The molecule has 19 heavy (non-hydrogen) atoms. The number of hydrogen-bond acceptors (Lipinski definition) is 4. The van der Waals surface area contributed by atoms with Gasteiger partial charge in [0, 0.05) is 16.2 Å². The zero-order valence-corrected chi connectivity index (χ0v) is 11.0. The van der Waals surface area contributed by atoms with Crippen molar-refractivity contribution >= 4 is 37.7 Å². The molecule has 0 amide bonds. The SMILES string of the molecule is COC1=Cc2nc3sc4ccccc4c3c(=O)n2C1. The van der Waals surface area contributed by atoms with Crippen molar-refractivity contribution in [3.8, 4) is 0 Å². The lowest BCUT2D eigenvalue weighted by Gasteiger charge is -2.02. The van der Waals surface area contributed by atoms with E-state index in [4.69, 9.17) is 4.74 Å². The van der Waals surface area contributed by atoms with E-state index >= 15 is 0 Å². The average molecular weight is 270 g/mol. The van der Waals surface area contributed by atoms with Gasteiger partial charge in [-0.05, 0) is 6.07 Å². The van der Waals surface area contributed by atoms with Gasteiger partial charge in [-0.2, -0.15) is 0 Å². The molecule has 0 saturated heterocycles. The number of rotatable bonds is 1. The number of allylic oxidation sites excluding steroid dienone is 1. The van der Waals surface area contributed by atoms with Gasteiger partial charge >= 0.3 is 0 Å². The number of aromatic nitrogens is 2. The topological polar surface area (TPSA) is 44.1 Å². The molecule has 1 aliphatic rings. The van der Waals surface area contributed by atoms with Crippen LogP contribution in [0.1, 0.15) is 5.82 Å². The van der Waals surface area contributed by atoms with Crippen LogP contribution in [0.25, 0.3) is 26.4 Å². The summed E-state index contributed by atoms with van der Waals surface area (Å²) in [5.74, 6) is 1.45. The van der Waals surface area contributed by atoms with Gasteiger partial charge in [0.15, 0.2) is 0 Å². The third kappa shape index (κ3) is 1.39. The number of ether oxygens (including phenoxy) is 1. The number of hydrogen-bond donors (Lipinski definition) is 0. The summed E-state index contributed by atoms with van der Waals surface area (Å²) >= 11 is 1.56. The highest BCUT2D eigenvalue weighted by Gasteiger charge is 2.20. The lowest BCUT2D eigenvalue weighted by Crippen LogP contribution is -2.21. The van der Waals surface area contributed by atoms with Crippen molar-refractivity contribution in [1.29, 1.82) is 0 Å². The Morgan fingerprint density at radius 1 is 1.37 bits per heavy atom. The Hall–Kier alpha value is -2.14. The second-order valence-corrected chi connectivity index (χ2v) is 5.49. The Kier molecular flexibility index (Phi) is 2.08. The molecule has 0 aliphatic carbocycles. The molecular weight excluding hydrogens is 260 g/mol. The van der Waals surface area contributed by atoms with E-state index in [9.17, 15) is 4.79 Å². The first-order chi connectivity index (χ1) is 9.28. The van der Waals surface area contributed by atoms with Crippen molar-refractivity contribution in [2.24, 2.45) is 0 Å². The van der Waals surface area contributed by atoms with Crippen molar-refractivity contribution in [3.05, 3.63) is 46.2 Å². The lowest BCUT2D eigenvalue weighted by molar-refractivity contribution is 0.278. The maximum atomic E-state index is 12.6. The maximum Gasteiger partial charge on any atom is 0.263 e.